The topological polar surface area (TPSA) is 113 Å². The number of carbonyl (C=O) groups is 1. The van der Waals surface area contributed by atoms with Gasteiger partial charge in [-0.05, 0) is 55.5 Å². The average Bonchev–Trinajstić information content (AvgIpc) is 3.06. The number of sulfonamides is 1. The van der Waals surface area contributed by atoms with Gasteiger partial charge in [0.15, 0.2) is 0 Å². The Labute approximate surface area is 179 Å². The highest BCUT2D eigenvalue weighted by Crippen LogP contribution is 2.25. The summed E-state index contributed by atoms with van der Waals surface area (Å²) >= 11 is 5.78. The molecule has 3 N–H and O–H groups in total. The molecule has 3 aromatic rings. The van der Waals surface area contributed by atoms with Crippen LogP contribution in [0.1, 0.15) is 16.1 Å². The van der Waals surface area contributed by atoms with Gasteiger partial charge >= 0.3 is 6.36 Å². The number of anilines is 2. The SMILES string of the molecule is Cc1[nH]nc(S(=O)(=O)Nc2ccc(Cl)cc2)c1C(=O)Nc1ccc(OC(F)(F)F)cc1. The summed E-state index contributed by atoms with van der Waals surface area (Å²) in [7, 11) is -4.24. The van der Waals surface area contributed by atoms with Gasteiger partial charge in [0.05, 0.1) is 0 Å². The molecule has 0 saturated heterocycles. The van der Waals surface area contributed by atoms with Gasteiger partial charge in [-0.3, -0.25) is 14.6 Å². The summed E-state index contributed by atoms with van der Waals surface area (Å²) in [5, 5.41) is 8.43. The molecule has 1 heterocycles. The third-order valence-corrected chi connectivity index (χ3v) is 5.40. The second-order valence-electron chi connectivity index (χ2n) is 6.17. The van der Waals surface area contributed by atoms with Crippen molar-refractivity contribution in [1.82, 2.24) is 10.2 Å². The fraction of sp³-hybridized carbons (Fsp3) is 0.111. The Morgan fingerprint density at radius 3 is 2.23 bits per heavy atom. The van der Waals surface area contributed by atoms with Crippen LogP contribution < -0.4 is 14.8 Å². The molecule has 1 amide bonds. The smallest absolute Gasteiger partial charge is 0.406 e. The van der Waals surface area contributed by atoms with Gasteiger partial charge in [-0.15, -0.1) is 13.2 Å². The fourth-order valence-corrected chi connectivity index (χ4v) is 3.87. The minimum atomic E-state index is -4.85. The number of hydrogen-bond donors (Lipinski definition) is 3. The average molecular weight is 475 g/mol. The number of nitrogens with zero attached hydrogens (tertiary/aromatic N) is 1. The Balaban J connectivity index is 1.81. The molecular weight excluding hydrogens is 461 g/mol. The summed E-state index contributed by atoms with van der Waals surface area (Å²) < 4.78 is 68.2. The molecule has 0 saturated carbocycles. The van der Waals surface area contributed by atoms with Crippen molar-refractivity contribution in [2.75, 3.05) is 10.0 Å². The molecule has 31 heavy (non-hydrogen) atoms. The van der Waals surface area contributed by atoms with E-state index >= 15 is 0 Å². The van der Waals surface area contributed by atoms with Crippen LogP contribution in [0.2, 0.25) is 5.02 Å². The van der Waals surface area contributed by atoms with Crippen molar-refractivity contribution in [3.05, 3.63) is 64.8 Å². The van der Waals surface area contributed by atoms with Gasteiger partial charge in [0.25, 0.3) is 15.9 Å². The zero-order valence-corrected chi connectivity index (χ0v) is 17.2. The number of rotatable bonds is 6. The van der Waals surface area contributed by atoms with Gasteiger partial charge in [-0.2, -0.15) is 13.5 Å². The number of amides is 1. The number of aryl methyl sites for hydroxylation is 1. The van der Waals surface area contributed by atoms with Gasteiger partial charge in [-0.1, -0.05) is 11.6 Å². The number of aromatic amines is 1. The van der Waals surface area contributed by atoms with Crippen LogP contribution >= 0.6 is 11.6 Å². The van der Waals surface area contributed by atoms with Gasteiger partial charge in [0.1, 0.15) is 11.3 Å². The van der Waals surface area contributed by atoms with Crippen molar-refractivity contribution in [3.63, 3.8) is 0 Å². The van der Waals surface area contributed by atoms with E-state index in [4.69, 9.17) is 11.6 Å². The van der Waals surface area contributed by atoms with E-state index in [1.54, 1.807) is 0 Å². The minimum absolute atomic E-state index is 0.120. The lowest BCUT2D eigenvalue weighted by Crippen LogP contribution is -2.20. The molecule has 0 unspecified atom stereocenters. The van der Waals surface area contributed by atoms with Crippen LogP contribution in [-0.4, -0.2) is 30.9 Å². The molecule has 1 aromatic heterocycles. The quantitative estimate of drug-likeness (QED) is 0.492. The van der Waals surface area contributed by atoms with E-state index in [0.29, 0.717) is 5.02 Å². The predicted molar refractivity (Wildman–Crippen MR) is 107 cm³/mol. The molecule has 0 spiro atoms. The van der Waals surface area contributed by atoms with E-state index < -0.39 is 33.1 Å². The Morgan fingerprint density at radius 1 is 1.06 bits per heavy atom. The Bertz CT molecular complexity index is 1190. The van der Waals surface area contributed by atoms with Crippen molar-refractivity contribution in [1.29, 1.82) is 0 Å². The second-order valence-corrected chi connectivity index (χ2v) is 8.20. The summed E-state index contributed by atoms with van der Waals surface area (Å²) in [5.41, 5.74) is 0.244. The van der Waals surface area contributed by atoms with Crippen LogP contribution in [0.25, 0.3) is 0 Å². The first-order valence-corrected chi connectivity index (χ1v) is 10.3. The molecule has 0 aliphatic carbocycles. The number of aromatic nitrogens is 2. The predicted octanol–water partition coefficient (Wildman–Crippen LogP) is 4.32. The minimum Gasteiger partial charge on any atom is -0.406 e. The standard InChI is InChI=1S/C18H14ClF3N4O4S/c1-10-15(16(27)23-12-6-8-14(9-7-12)30-18(20,21)22)17(25-24-10)31(28,29)26-13-4-2-11(19)3-5-13/h2-9,26H,1H3,(H,23,27)(H,24,25). The molecular formula is C18H14ClF3N4O4S. The van der Waals surface area contributed by atoms with E-state index in [1.165, 1.54) is 43.3 Å². The van der Waals surface area contributed by atoms with Crippen LogP contribution in [0.5, 0.6) is 5.75 Å². The molecule has 164 valence electrons. The molecule has 8 nitrogen and oxygen atoms in total. The third-order valence-electron chi connectivity index (χ3n) is 3.84. The van der Waals surface area contributed by atoms with Crippen molar-refractivity contribution < 1.29 is 31.1 Å². The first-order valence-electron chi connectivity index (χ1n) is 8.45. The number of benzene rings is 2. The first kappa shape index (κ1) is 22.4. The maximum absolute atomic E-state index is 12.7. The number of nitrogens with one attached hydrogen (secondary N) is 3. The fourth-order valence-electron chi connectivity index (χ4n) is 2.52. The largest absolute Gasteiger partial charge is 0.573 e. The van der Waals surface area contributed by atoms with Gasteiger partial charge in [0, 0.05) is 22.1 Å². The lowest BCUT2D eigenvalue weighted by molar-refractivity contribution is -0.274. The van der Waals surface area contributed by atoms with E-state index in [0.717, 1.165) is 12.1 Å². The molecule has 0 fully saturated rings. The highest BCUT2D eigenvalue weighted by molar-refractivity contribution is 7.92. The second kappa shape index (κ2) is 8.47. The molecule has 13 heteroatoms. The maximum Gasteiger partial charge on any atom is 0.573 e. The number of alkyl halides is 3. The number of halogens is 4. The normalized spacial score (nSPS) is 11.8. The Morgan fingerprint density at radius 2 is 1.65 bits per heavy atom. The molecule has 0 atom stereocenters. The summed E-state index contributed by atoms with van der Waals surface area (Å²) in [6.07, 6.45) is -4.85. The molecule has 2 aromatic carbocycles. The van der Waals surface area contributed by atoms with Crippen molar-refractivity contribution in [2.24, 2.45) is 0 Å². The van der Waals surface area contributed by atoms with Crippen LogP contribution in [0.4, 0.5) is 24.5 Å². The van der Waals surface area contributed by atoms with E-state index in [9.17, 15) is 26.4 Å². The van der Waals surface area contributed by atoms with Crippen molar-refractivity contribution in [2.45, 2.75) is 18.3 Å². The molecule has 0 aliphatic heterocycles. The molecule has 0 radical (unpaired) electrons. The highest BCUT2D eigenvalue weighted by atomic mass is 35.5. The van der Waals surface area contributed by atoms with Gasteiger partial charge in [-0.25, -0.2) is 0 Å². The summed E-state index contributed by atoms with van der Waals surface area (Å²) in [4.78, 5) is 12.7. The summed E-state index contributed by atoms with van der Waals surface area (Å²) in [6.45, 7) is 1.45. The summed E-state index contributed by atoms with van der Waals surface area (Å²) in [6, 6.07) is 10.2. The zero-order chi connectivity index (χ0) is 22.8. The summed E-state index contributed by atoms with van der Waals surface area (Å²) in [5.74, 6) is -1.30. The van der Waals surface area contributed by atoms with E-state index in [1.807, 2.05) is 0 Å². The van der Waals surface area contributed by atoms with Crippen LogP contribution in [0.3, 0.4) is 0 Å². The molecule has 0 bridgehead atoms. The van der Waals surface area contributed by atoms with Crippen molar-refractivity contribution >= 4 is 38.9 Å². The number of carbonyl (C=O) groups excluding carboxylic acids is 1. The van der Waals surface area contributed by atoms with Gasteiger partial charge in [0.2, 0.25) is 5.03 Å². The van der Waals surface area contributed by atoms with E-state index in [-0.39, 0.29) is 22.6 Å². The van der Waals surface area contributed by atoms with Gasteiger partial charge < -0.3 is 10.1 Å². The lowest BCUT2D eigenvalue weighted by Gasteiger charge is -2.11. The Hall–Kier alpha value is -3.25. The third kappa shape index (κ3) is 5.67. The molecule has 3 rings (SSSR count). The monoisotopic (exact) mass is 474 g/mol. The number of hydrogen-bond acceptors (Lipinski definition) is 5. The first-order chi connectivity index (χ1) is 14.4. The number of H-pyrrole nitrogens is 1. The van der Waals surface area contributed by atoms with E-state index in [2.05, 4.69) is 25.0 Å². The van der Waals surface area contributed by atoms with Crippen LogP contribution in [-0.2, 0) is 10.0 Å². The Kier molecular flexibility index (Phi) is 6.13. The zero-order valence-electron chi connectivity index (χ0n) is 15.6. The number of ether oxygens (including phenoxy) is 1. The van der Waals surface area contributed by atoms with Crippen LogP contribution in [0.15, 0.2) is 53.6 Å². The highest BCUT2D eigenvalue weighted by Gasteiger charge is 2.31. The van der Waals surface area contributed by atoms with Crippen molar-refractivity contribution in [3.8, 4) is 5.75 Å². The van der Waals surface area contributed by atoms with Crippen LogP contribution in [0, 0.1) is 6.92 Å². The molecule has 0 aliphatic rings. The maximum atomic E-state index is 12.7. The lowest BCUT2D eigenvalue weighted by atomic mass is 10.2.